The van der Waals surface area contributed by atoms with Gasteiger partial charge in [-0.3, -0.25) is 0 Å². The first-order valence-electron chi connectivity index (χ1n) is 7.10. The molecule has 0 radical (unpaired) electrons. The van der Waals surface area contributed by atoms with Gasteiger partial charge in [-0.05, 0) is 42.4 Å². The Hall–Kier alpha value is -1.40. The van der Waals surface area contributed by atoms with Gasteiger partial charge in [-0.2, -0.15) is 0 Å². The lowest BCUT2D eigenvalue weighted by Crippen LogP contribution is -2.29. The van der Waals surface area contributed by atoms with E-state index in [9.17, 15) is 18.3 Å². The summed E-state index contributed by atoms with van der Waals surface area (Å²) < 4.78 is 26.3. The number of aryl methyl sites for hydroxylation is 1. The Balaban J connectivity index is 2.31. The van der Waals surface area contributed by atoms with E-state index in [0.29, 0.717) is 30.4 Å². The molecule has 1 aliphatic carbocycles. The number of carboxylic acids is 1. The Kier molecular flexibility index (Phi) is 4.39. The fourth-order valence-corrected chi connectivity index (χ4v) is 3.74. The minimum Gasteiger partial charge on any atom is -0.478 e. The van der Waals surface area contributed by atoms with Crippen LogP contribution in [0.15, 0.2) is 23.1 Å². The number of hydrogen-bond acceptors (Lipinski definition) is 3. The summed E-state index contributed by atoms with van der Waals surface area (Å²) in [6.45, 7) is 4.43. The summed E-state index contributed by atoms with van der Waals surface area (Å²) in [5, 5.41) is 9.21. The highest BCUT2D eigenvalue weighted by molar-refractivity contribution is 7.89. The van der Waals surface area contributed by atoms with Crippen LogP contribution in [0.2, 0.25) is 0 Å². The zero-order chi connectivity index (χ0) is 15.8. The normalized spacial score (nSPS) is 21.5. The minimum absolute atomic E-state index is 0.0490. The van der Waals surface area contributed by atoms with Gasteiger partial charge < -0.3 is 5.11 Å². The van der Waals surface area contributed by atoms with Crippen molar-refractivity contribution in [3.05, 3.63) is 29.3 Å². The lowest BCUT2D eigenvalue weighted by molar-refractivity contribution is 0.0695. The number of benzene rings is 1. The van der Waals surface area contributed by atoms with Crippen molar-refractivity contribution in [3.63, 3.8) is 0 Å². The van der Waals surface area contributed by atoms with Crippen LogP contribution in [-0.4, -0.2) is 37.4 Å². The zero-order valence-electron chi connectivity index (χ0n) is 12.5. The summed E-state index contributed by atoms with van der Waals surface area (Å²) in [5.74, 6) is -0.110. The molecule has 0 aliphatic heterocycles. The molecule has 21 heavy (non-hydrogen) atoms. The summed E-state index contributed by atoms with van der Waals surface area (Å²) in [6, 6.07) is 4.35. The molecule has 0 amide bonds. The highest BCUT2D eigenvalue weighted by atomic mass is 32.2. The lowest BCUT2D eigenvalue weighted by atomic mass is 10.1. The van der Waals surface area contributed by atoms with Gasteiger partial charge in [0, 0.05) is 13.6 Å². The van der Waals surface area contributed by atoms with Crippen molar-refractivity contribution in [3.8, 4) is 0 Å². The third kappa shape index (κ3) is 3.27. The molecule has 116 valence electrons. The summed E-state index contributed by atoms with van der Waals surface area (Å²) in [6.07, 6.45) is 1.60. The van der Waals surface area contributed by atoms with Gasteiger partial charge in [0.25, 0.3) is 0 Å². The van der Waals surface area contributed by atoms with E-state index in [0.717, 1.165) is 6.42 Å². The molecule has 1 aromatic rings. The van der Waals surface area contributed by atoms with E-state index in [4.69, 9.17) is 0 Å². The predicted molar refractivity (Wildman–Crippen MR) is 79.9 cm³/mol. The standard InChI is InChI=1S/C15H21NO4S/c1-4-11-5-6-13(8-14(11)15(17)18)21(19,20)16(3)9-12-7-10(12)2/h5-6,8,10,12H,4,7,9H2,1-3H3,(H,17,18). The van der Waals surface area contributed by atoms with Gasteiger partial charge in [-0.1, -0.05) is 19.9 Å². The molecule has 1 N–H and O–H groups in total. The molecule has 5 nitrogen and oxygen atoms in total. The summed E-state index contributed by atoms with van der Waals surface area (Å²) in [4.78, 5) is 11.3. The van der Waals surface area contributed by atoms with E-state index in [2.05, 4.69) is 6.92 Å². The van der Waals surface area contributed by atoms with Crippen LogP contribution in [0.4, 0.5) is 0 Å². The number of carbonyl (C=O) groups is 1. The average Bonchev–Trinajstić information content (AvgIpc) is 3.13. The first kappa shape index (κ1) is 16.0. The molecule has 1 aliphatic rings. The Bertz CT molecular complexity index is 654. The van der Waals surface area contributed by atoms with Gasteiger partial charge in [-0.25, -0.2) is 17.5 Å². The molecule has 0 saturated heterocycles. The van der Waals surface area contributed by atoms with Crippen LogP contribution in [0.3, 0.4) is 0 Å². The molecular formula is C15H21NO4S. The maximum Gasteiger partial charge on any atom is 0.336 e. The highest BCUT2D eigenvalue weighted by Gasteiger charge is 2.36. The van der Waals surface area contributed by atoms with Crippen molar-refractivity contribution >= 4 is 16.0 Å². The maximum atomic E-state index is 12.5. The van der Waals surface area contributed by atoms with E-state index in [1.54, 1.807) is 13.1 Å². The van der Waals surface area contributed by atoms with Gasteiger partial charge in [0.15, 0.2) is 0 Å². The largest absolute Gasteiger partial charge is 0.478 e. The van der Waals surface area contributed by atoms with Gasteiger partial charge in [0.2, 0.25) is 10.0 Å². The molecule has 0 spiro atoms. The van der Waals surface area contributed by atoms with Crippen LogP contribution in [0, 0.1) is 11.8 Å². The average molecular weight is 311 g/mol. The molecular weight excluding hydrogens is 290 g/mol. The Labute approximate surface area is 125 Å². The third-order valence-corrected chi connectivity index (χ3v) is 5.99. The molecule has 1 aromatic carbocycles. The molecule has 0 bridgehead atoms. The van der Waals surface area contributed by atoms with Gasteiger partial charge in [0.1, 0.15) is 0 Å². The smallest absolute Gasteiger partial charge is 0.336 e. The summed E-state index contributed by atoms with van der Waals surface area (Å²) >= 11 is 0. The molecule has 2 atom stereocenters. The van der Waals surface area contributed by atoms with Crippen molar-refractivity contribution in [2.75, 3.05) is 13.6 Å². The first-order valence-corrected chi connectivity index (χ1v) is 8.54. The van der Waals surface area contributed by atoms with Gasteiger partial charge in [-0.15, -0.1) is 0 Å². The van der Waals surface area contributed by atoms with Gasteiger partial charge in [0.05, 0.1) is 10.5 Å². The summed E-state index contributed by atoms with van der Waals surface area (Å²) in [7, 11) is -2.08. The van der Waals surface area contributed by atoms with Crippen LogP contribution in [-0.2, 0) is 16.4 Å². The Morgan fingerprint density at radius 1 is 1.43 bits per heavy atom. The molecule has 6 heteroatoms. The molecule has 0 heterocycles. The van der Waals surface area contributed by atoms with Crippen molar-refractivity contribution < 1.29 is 18.3 Å². The topological polar surface area (TPSA) is 74.7 Å². The number of carboxylic acid groups (broad SMARTS) is 1. The van der Waals surface area contributed by atoms with Crippen LogP contribution < -0.4 is 0 Å². The number of rotatable bonds is 6. The van der Waals surface area contributed by atoms with Crippen molar-refractivity contribution in [1.82, 2.24) is 4.31 Å². The second kappa shape index (κ2) is 5.77. The number of nitrogens with zero attached hydrogens (tertiary/aromatic N) is 1. The zero-order valence-corrected chi connectivity index (χ0v) is 13.4. The van der Waals surface area contributed by atoms with E-state index in [1.165, 1.54) is 16.4 Å². The molecule has 1 fully saturated rings. The molecule has 2 rings (SSSR count). The second-order valence-electron chi connectivity index (χ2n) is 5.74. The molecule has 0 aromatic heterocycles. The molecule has 2 unspecified atom stereocenters. The highest BCUT2D eigenvalue weighted by Crippen LogP contribution is 2.38. The van der Waals surface area contributed by atoms with Crippen LogP contribution in [0.5, 0.6) is 0 Å². The first-order chi connectivity index (χ1) is 9.77. The number of hydrogen-bond donors (Lipinski definition) is 1. The SMILES string of the molecule is CCc1ccc(S(=O)(=O)N(C)CC2CC2C)cc1C(=O)O. The van der Waals surface area contributed by atoms with E-state index < -0.39 is 16.0 Å². The van der Waals surface area contributed by atoms with E-state index >= 15 is 0 Å². The fraction of sp³-hybridized carbons (Fsp3) is 0.533. The summed E-state index contributed by atoms with van der Waals surface area (Å²) in [5.41, 5.74) is 0.701. The van der Waals surface area contributed by atoms with Crippen molar-refractivity contribution in [2.24, 2.45) is 11.8 Å². The van der Waals surface area contributed by atoms with Crippen molar-refractivity contribution in [2.45, 2.75) is 31.6 Å². The van der Waals surface area contributed by atoms with E-state index in [-0.39, 0.29) is 10.5 Å². The monoisotopic (exact) mass is 311 g/mol. The second-order valence-corrected chi connectivity index (χ2v) is 7.78. The Morgan fingerprint density at radius 3 is 2.52 bits per heavy atom. The third-order valence-electron chi connectivity index (χ3n) is 4.17. The number of aromatic carboxylic acids is 1. The lowest BCUT2D eigenvalue weighted by Gasteiger charge is -2.18. The minimum atomic E-state index is -3.63. The maximum absolute atomic E-state index is 12.5. The van der Waals surface area contributed by atoms with Crippen LogP contribution in [0.1, 0.15) is 36.2 Å². The Morgan fingerprint density at radius 2 is 2.05 bits per heavy atom. The van der Waals surface area contributed by atoms with Crippen LogP contribution in [0.25, 0.3) is 0 Å². The van der Waals surface area contributed by atoms with Gasteiger partial charge >= 0.3 is 5.97 Å². The fourth-order valence-electron chi connectivity index (χ4n) is 2.49. The van der Waals surface area contributed by atoms with E-state index in [1.807, 2.05) is 6.92 Å². The molecule has 1 saturated carbocycles. The van der Waals surface area contributed by atoms with Crippen LogP contribution >= 0.6 is 0 Å². The predicted octanol–water partition coefficient (Wildman–Crippen LogP) is 2.22. The quantitative estimate of drug-likeness (QED) is 0.874. The van der Waals surface area contributed by atoms with Crippen molar-refractivity contribution in [1.29, 1.82) is 0 Å². The number of sulfonamides is 1.